The minimum Gasteiger partial charge on any atom is -0.345 e. The van der Waals surface area contributed by atoms with Crippen LogP contribution in [0.15, 0.2) is 59.6 Å². The second kappa shape index (κ2) is 8.67. The smallest absolute Gasteiger partial charge is 0.251 e. The van der Waals surface area contributed by atoms with Crippen LogP contribution in [0.3, 0.4) is 0 Å². The Bertz CT molecular complexity index is 1160. The third-order valence-electron chi connectivity index (χ3n) is 5.15. The van der Waals surface area contributed by atoms with Crippen molar-refractivity contribution in [3.05, 3.63) is 81.3 Å². The average Bonchev–Trinajstić information content (AvgIpc) is 3.34. The van der Waals surface area contributed by atoms with E-state index in [4.69, 9.17) is 0 Å². The number of nitrogens with one attached hydrogen (secondary N) is 2. The molecule has 2 aromatic carbocycles. The Morgan fingerprint density at radius 1 is 1.20 bits per heavy atom. The number of hydrogen-bond acceptors (Lipinski definition) is 5. The molecule has 2 N–H and O–H groups in total. The minimum absolute atomic E-state index is 0.154. The second-order valence-corrected chi connectivity index (χ2v) is 10.4. The number of thiazole rings is 1. The Labute approximate surface area is 180 Å². The largest absolute Gasteiger partial charge is 0.345 e. The molecule has 1 aromatic heterocycles. The number of aryl methyl sites for hydroxylation is 2. The highest BCUT2D eigenvalue weighted by molar-refractivity contribution is 7.89. The summed E-state index contributed by atoms with van der Waals surface area (Å²) in [6.07, 6.45) is 3.91. The maximum Gasteiger partial charge on any atom is 0.251 e. The predicted molar refractivity (Wildman–Crippen MR) is 117 cm³/mol. The highest BCUT2D eigenvalue weighted by Gasteiger charge is 2.26. The van der Waals surface area contributed by atoms with Gasteiger partial charge in [-0.15, -0.1) is 11.3 Å². The normalized spacial score (nSPS) is 15.7. The molecule has 0 spiro atoms. The molecule has 0 saturated heterocycles. The fourth-order valence-corrected chi connectivity index (χ4v) is 5.47. The van der Waals surface area contributed by atoms with Gasteiger partial charge in [-0.3, -0.25) is 4.79 Å². The summed E-state index contributed by atoms with van der Waals surface area (Å²) >= 11 is 1.57. The van der Waals surface area contributed by atoms with Gasteiger partial charge in [-0.25, -0.2) is 18.1 Å². The van der Waals surface area contributed by atoms with Gasteiger partial charge in [0.15, 0.2) is 0 Å². The van der Waals surface area contributed by atoms with Crippen molar-refractivity contribution in [3.63, 3.8) is 0 Å². The first-order valence-electron chi connectivity index (χ1n) is 9.82. The highest BCUT2D eigenvalue weighted by atomic mass is 32.2. The Balaban J connectivity index is 1.45. The first-order chi connectivity index (χ1) is 14.4. The summed E-state index contributed by atoms with van der Waals surface area (Å²) in [4.78, 5) is 18.1. The van der Waals surface area contributed by atoms with Crippen LogP contribution in [0.25, 0.3) is 0 Å². The van der Waals surface area contributed by atoms with Gasteiger partial charge in [-0.1, -0.05) is 24.3 Å². The minimum atomic E-state index is -3.64. The number of sulfonamides is 1. The number of benzene rings is 2. The molecule has 0 bridgehead atoms. The molecule has 1 heterocycles. The van der Waals surface area contributed by atoms with Crippen molar-refractivity contribution in [2.75, 3.05) is 6.54 Å². The van der Waals surface area contributed by atoms with Crippen LogP contribution in [-0.2, 0) is 22.9 Å². The Morgan fingerprint density at radius 3 is 2.73 bits per heavy atom. The predicted octanol–water partition coefficient (Wildman–Crippen LogP) is 3.39. The van der Waals surface area contributed by atoms with E-state index >= 15 is 0 Å². The van der Waals surface area contributed by atoms with Crippen LogP contribution in [0.1, 0.15) is 43.8 Å². The number of nitrogens with zero attached hydrogens (tertiary/aromatic N) is 1. The van der Waals surface area contributed by atoms with E-state index < -0.39 is 10.0 Å². The lowest BCUT2D eigenvalue weighted by Crippen LogP contribution is -2.28. The van der Waals surface area contributed by atoms with E-state index in [1.807, 2.05) is 31.2 Å². The molecule has 6 nitrogen and oxygen atoms in total. The molecule has 156 valence electrons. The highest BCUT2D eigenvalue weighted by Crippen LogP contribution is 2.33. The number of carbonyl (C=O) groups is 1. The summed E-state index contributed by atoms with van der Waals surface area (Å²) in [5, 5.41) is 3.95. The first kappa shape index (κ1) is 20.7. The lowest BCUT2D eigenvalue weighted by molar-refractivity contribution is 0.0936. The summed E-state index contributed by atoms with van der Waals surface area (Å²) in [6, 6.07) is 14.0. The lowest BCUT2D eigenvalue weighted by Gasteiger charge is -2.15. The maximum atomic E-state index is 12.8. The van der Waals surface area contributed by atoms with Crippen LogP contribution >= 0.6 is 11.3 Å². The lowest BCUT2D eigenvalue weighted by atomic mass is 10.1. The standard InChI is InChI=1S/C22H23N3O3S2/c1-15-14-23-21(29-15)11-12-24-30(27,28)18-9-7-16-8-10-20(19(16)13-18)25-22(26)17-5-3-2-4-6-17/h2-7,9,13-14,20,24H,8,10-12H2,1H3,(H,25,26)/t20-/m1/s1. The molecule has 0 radical (unpaired) electrons. The number of amides is 1. The zero-order chi connectivity index (χ0) is 21.1. The van der Waals surface area contributed by atoms with E-state index in [1.165, 1.54) is 0 Å². The molecule has 1 amide bonds. The summed E-state index contributed by atoms with van der Waals surface area (Å²) < 4.78 is 28.2. The molecule has 1 aliphatic carbocycles. The van der Waals surface area contributed by atoms with Gasteiger partial charge in [0.05, 0.1) is 15.9 Å². The molecule has 0 unspecified atom stereocenters. The second-order valence-electron chi connectivity index (χ2n) is 7.30. The molecule has 4 rings (SSSR count). The average molecular weight is 442 g/mol. The van der Waals surface area contributed by atoms with Crippen molar-refractivity contribution >= 4 is 27.3 Å². The van der Waals surface area contributed by atoms with Crippen molar-refractivity contribution in [2.24, 2.45) is 0 Å². The molecule has 1 aliphatic rings. The Hall–Kier alpha value is -2.55. The third kappa shape index (κ3) is 4.61. The third-order valence-corrected chi connectivity index (χ3v) is 7.58. The summed E-state index contributed by atoms with van der Waals surface area (Å²) in [5.74, 6) is -0.154. The van der Waals surface area contributed by atoms with Gasteiger partial charge < -0.3 is 5.32 Å². The zero-order valence-corrected chi connectivity index (χ0v) is 18.2. The Kier molecular flexibility index (Phi) is 5.99. The van der Waals surface area contributed by atoms with Gasteiger partial charge in [0.2, 0.25) is 10.0 Å². The quantitative estimate of drug-likeness (QED) is 0.588. The van der Waals surface area contributed by atoms with E-state index in [9.17, 15) is 13.2 Å². The van der Waals surface area contributed by atoms with Crippen LogP contribution in [0.5, 0.6) is 0 Å². The fourth-order valence-electron chi connectivity index (χ4n) is 3.62. The van der Waals surface area contributed by atoms with Gasteiger partial charge in [0, 0.05) is 29.6 Å². The van der Waals surface area contributed by atoms with Crippen LogP contribution in [-0.4, -0.2) is 25.9 Å². The number of fused-ring (bicyclic) bond motifs is 1. The maximum absolute atomic E-state index is 12.8. The van der Waals surface area contributed by atoms with Crippen molar-refractivity contribution in [1.29, 1.82) is 0 Å². The summed E-state index contributed by atoms with van der Waals surface area (Å²) in [5.41, 5.74) is 2.54. The Morgan fingerprint density at radius 2 is 2.00 bits per heavy atom. The van der Waals surface area contributed by atoms with E-state index in [0.717, 1.165) is 33.9 Å². The van der Waals surface area contributed by atoms with Crippen LogP contribution < -0.4 is 10.0 Å². The van der Waals surface area contributed by atoms with Gasteiger partial charge in [0.25, 0.3) is 5.91 Å². The zero-order valence-electron chi connectivity index (χ0n) is 16.6. The number of aromatic nitrogens is 1. The van der Waals surface area contributed by atoms with Crippen molar-refractivity contribution in [1.82, 2.24) is 15.0 Å². The van der Waals surface area contributed by atoms with Crippen LogP contribution in [0, 0.1) is 6.92 Å². The molecule has 8 heteroatoms. The molecule has 30 heavy (non-hydrogen) atoms. The molecule has 0 saturated carbocycles. The van der Waals surface area contributed by atoms with Gasteiger partial charge in [0.1, 0.15) is 0 Å². The van der Waals surface area contributed by atoms with E-state index in [1.54, 1.807) is 41.8 Å². The van der Waals surface area contributed by atoms with Crippen molar-refractivity contribution in [2.45, 2.75) is 37.1 Å². The molecule has 0 aliphatic heterocycles. The summed E-state index contributed by atoms with van der Waals surface area (Å²) in [7, 11) is -3.64. The first-order valence-corrected chi connectivity index (χ1v) is 12.1. The van der Waals surface area contributed by atoms with E-state index in [-0.39, 0.29) is 16.8 Å². The number of rotatable bonds is 7. The van der Waals surface area contributed by atoms with Crippen LogP contribution in [0.2, 0.25) is 0 Å². The van der Waals surface area contributed by atoms with Crippen molar-refractivity contribution < 1.29 is 13.2 Å². The molecule has 3 aromatic rings. The van der Waals surface area contributed by atoms with Gasteiger partial charge in [-0.05, 0) is 55.2 Å². The van der Waals surface area contributed by atoms with E-state index in [0.29, 0.717) is 18.5 Å². The number of hydrogen-bond donors (Lipinski definition) is 2. The number of carbonyl (C=O) groups excluding carboxylic acids is 1. The molecule has 1 atom stereocenters. The van der Waals surface area contributed by atoms with Gasteiger partial charge >= 0.3 is 0 Å². The van der Waals surface area contributed by atoms with E-state index in [2.05, 4.69) is 15.0 Å². The SMILES string of the molecule is Cc1cnc(CCNS(=O)(=O)c2ccc3c(c2)[C@H](NC(=O)c2ccccc2)CC3)s1. The molecular formula is C22H23N3O3S2. The van der Waals surface area contributed by atoms with Crippen LogP contribution in [0.4, 0.5) is 0 Å². The monoisotopic (exact) mass is 441 g/mol. The van der Waals surface area contributed by atoms with Gasteiger partial charge in [-0.2, -0.15) is 0 Å². The topological polar surface area (TPSA) is 88.2 Å². The summed E-state index contributed by atoms with van der Waals surface area (Å²) in [6.45, 7) is 2.27. The molecular weight excluding hydrogens is 418 g/mol. The van der Waals surface area contributed by atoms with Crippen molar-refractivity contribution in [3.8, 4) is 0 Å². The molecule has 0 fully saturated rings. The fraction of sp³-hybridized carbons (Fsp3) is 0.273.